The number of aryl methyl sites for hydroxylation is 1. The topological polar surface area (TPSA) is 173 Å². The van der Waals surface area contributed by atoms with E-state index in [-0.39, 0.29) is 29.2 Å². The van der Waals surface area contributed by atoms with Crippen LogP contribution in [0.2, 0.25) is 0 Å². The fourth-order valence-corrected chi connectivity index (χ4v) is 6.66. The predicted octanol–water partition coefficient (Wildman–Crippen LogP) is 2.29. The number of anilines is 1. The molecule has 198 valence electrons. The monoisotopic (exact) mass is 520 g/mol. The Morgan fingerprint density at radius 2 is 1.87 bits per heavy atom. The van der Waals surface area contributed by atoms with Gasteiger partial charge in [0, 0.05) is 0 Å². The molecule has 13 heteroatoms. The summed E-state index contributed by atoms with van der Waals surface area (Å²) in [6, 6.07) is 5.10. The van der Waals surface area contributed by atoms with Crippen molar-refractivity contribution in [1.82, 2.24) is 30.7 Å². The average Bonchev–Trinajstić information content (AvgIpc) is 3.48. The van der Waals surface area contributed by atoms with Crippen LogP contribution >= 0.6 is 0 Å². The van der Waals surface area contributed by atoms with Crippen LogP contribution in [0.15, 0.2) is 27.9 Å². The molecule has 4 aliphatic rings. The molecular weight excluding hydrogens is 492 g/mol. The van der Waals surface area contributed by atoms with Gasteiger partial charge in [0.2, 0.25) is 11.6 Å². The van der Waals surface area contributed by atoms with Gasteiger partial charge in [-0.1, -0.05) is 5.21 Å². The summed E-state index contributed by atoms with van der Waals surface area (Å²) in [7, 11) is 1.51. The number of amides is 1. The van der Waals surface area contributed by atoms with Gasteiger partial charge in [-0.25, -0.2) is 10.1 Å². The summed E-state index contributed by atoms with van der Waals surface area (Å²) in [5, 5.41) is 18.9. The molecule has 0 spiro atoms. The minimum Gasteiger partial charge on any atom is -0.493 e. The lowest BCUT2D eigenvalue weighted by Gasteiger charge is -2.53. The summed E-state index contributed by atoms with van der Waals surface area (Å²) in [5.41, 5.74) is 9.19. The third kappa shape index (κ3) is 4.27. The third-order valence-corrected chi connectivity index (χ3v) is 8.03. The van der Waals surface area contributed by atoms with Crippen molar-refractivity contribution in [2.24, 2.45) is 34.7 Å². The van der Waals surface area contributed by atoms with Crippen LogP contribution in [0.3, 0.4) is 0 Å². The van der Waals surface area contributed by atoms with Gasteiger partial charge >= 0.3 is 5.97 Å². The molecule has 0 saturated heterocycles. The maximum Gasteiger partial charge on any atom is 0.315 e. The molecule has 1 aromatic carbocycles. The number of esters is 1. The molecule has 0 radical (unpaired) electrons. The van der Waals surface area contributed by atoms with Gasteiger partial charge in [0.05, 0.1) is 24.9 Å². The average molecular weight is 521 g/mol. The molecule has 1 amide bonds. The quantitative estimate of drug-likeness (QED) is 0.204. The summed E-state index contributed by atoms with van der Waals surface area (Å²) in [6.07, 6.45) is 7.35. The number of ether oxygens (including phenoxy) is 2. The van der Waals surface area contributed by atoms with E-state index in [1.165, 1.54) is 19.7 Å². The molecule has 4 bridgehead atoms. The molecule has 3 N–H and O–H groups in total. The van der Waals surface area contributed by atoms with Gasteiger partial charge in [-0.3, -0.25) is 9.59 Å². The van der Waals surface area contributed by atoms with Crippen molar-refractivity contribution in [2.75, 3.05) is 12.8 Å². The highest BCUT2D eigenvalue weighted by atomic mass is 16.6. The Labute approximate surface area is 217 Å². The highest BCUT2D eigenvalue weighted by Crippen LogP contribution is 2.56. The maximum absolute atomic E-state index is 13.2. The van der Waals surface area contributed by atoms with Crippen molar-refractivity contribution < 1.29 is 23.7 Å². The highest BCUT2D eigenvalue weighted by molar-refractivity contribution is 5.95. The van der Waals surface area contributed by atoms with Gasteiger partial charge in [0.15, 0.2) is 17.2 Å². The van der Waals surface area contributed by atoms with Crippen LogP contribution in [-0.4, -0.2) is 50.5 Å². The van der Waals surface area contributed by atoms with Crippen LogP contribution < -0.4 is 20.6 Å². The van der Waals surface area contributed by atoms with Gasteiger partial charge in [0.1, 0.15) is 0 Å². The van der Waals surface area contributed by atoms with Gasteiger partial charge in [-0.15, -0.1) is 5.10 Å². The molecule has 4 aliphatic carbocycles. The van der Waals surface area contributed by atoms with Gasteiger partial charge in [-0.05, 0) is 96.8 Å². The van der Waals surface area contributed by atoms with Crippen LogP contribution in [0, 0.1) is 36.5 Å². The number of carbonyl (C=O) groups is 2. The molecule has 7 rings (SSSR count). The Balaban J connectivity index is 1.12. The maximum atomic E-state index is 13.2. The number of nitrogens with two attached hydrogens (primary N) is 1. The number of carbonyl (C=O) groups excluding carboxylic acids is 2. The fourth-order valence-electron chi connectivity index (χ4n) is 6.66. The number of methoxy groups -OCH3 is 1. The van der Waals surface area contributed by atoms with Crippen molar-refractivity contribution in [3.63, 3.8) is 0 Å². The van der Waals surface area contributed by atoms with Crippen molar-refractivity contribution in [3.05, 3.63) is 35.2 Å². The van der Waals surface area contributed by atoms with Crippen molar-refractivity contribution in [3.8, 4) is 17.3 Å². The zero-order valence-corrected chi connectivity index (χ0v) is 21.0. The van der Waals surface area contributed by atoms with Crippen LogP contribution in [0.25, 0.3) is 5.82 Å². The number of nitrogens with one attached hydrogen (secondary N) is 1. The molecule has 2 heterocycles. The minimum atomic E-state index is -0.584. The largest absolute Gasteiger partial charge is 0.493 e. The fraction of sp³-hybridized carbons (Fsp3) is 0.480. The number of hydrogen-bond acceptors (Lipinski definition) is 11. The van der Waals surface area contributed by atoms with Crippen LogP contribution in [0.5, 0.6) is 11.5 Å². The summed E-state index contributed by atoms with van der Waals surface area (Å²) < 4.78 is 17.0. The normalized spacial score (nSPS) is 25.6. The van der Waals surface area contributed by atoms with E-state index in [9.17, 15) is 9.59 Å². The van der Waals surface area contributed by atoms with Gasteiger partial charge in [0.25, 0.3) is 5.91 Å². The molecule has 38 heavy (non-hydrogen) atoms. The first-order valence-corrected chi connectivity index (χ1v) is 12.6. The lowest BCUT2D eigenvalue weighted by molar-refractivity contribution is -0.152. The lowest BCUT2D eigenvalue weighted by atomic mass is 9.52. The summed E-state index contributed by atoms with van der Waals surface area (Å²) in [5.74, 6) is 2.46. The third-order valence-electron chi connectivity index (χ3n) is 8.03. The number of nitrogens with zero attached hydrogens (tertiary/aromatic N) is 6. The molecule has 0 unspecified atom stereocenters. The van der Waals surface area contributed by atoms with E-state index in [0.29, 0.717) is 34.6 Å². The van der Waals surface area contributed by atoms with E-state index in [1.54, 1.807) is 25.1 Å². The zero-order chi connectivity index (χ0) is 26.4. The molecule has 3 aromatic rings. The van der Waals surface area contributed by atoms with Crippen LogP contribution in [0.1, 0.15) is 53.8 Å². The summed E-state index contributed by atoms with van der Waals surface area (Å²) in [6.45, 7) is 1.61. The van der Waals surface area contributed by atoms with Crippen LogP contribution in [-0.2, 0) is 4.79 Å². The second-order valence-electron chi connectivity index (χ2n) is 10.4. The molecule has 4 fully saturated rings. The van der Waals surface area contributed by atoms with E-state index < -0.39 is 5.91 Å². The number of nitrogen functional groups attached to an aromatic ring is 1. The van der Waals surface area contributed by atoms with E-state index in [2.05, 4.69) is 35.8 Å². The van der Waals surface area contributed by atoms with Gasteiger partial charge in [-0.2, -0.15) is 9.78 Å². The summed E-state index contributed by atoms with van der Waals surface area (Å²) >= 11 is 0. The number of hydrazone groups is 1. The Morgan fingerprint density at radius 3 is 2.53 bits per heavy atom. The number of rotatable bonds is 7. The molecule has 2 aromatic heterocycles. The minimum absolute atomic E-state index is 0.0290. The van der Waals surface area contributed by atoms with Crippen molar-refractivity contribution in [1.29, 1.82) is 0 Å². The Bertz CT molecular complexity index is 1380. The predicted molar refractivity (Wildman–Crippen MR) is 133 cm³/mol. The summed E-state index contributed by atoms with van der Waals surface area (Å²) in [4.78, 5) is 26.0. The molecule has 0 aliphatic heterocycles. The zero-order valence-electron chi connectivity index (χ0n) is 21.0. The molecule has 13 nitrogen and oxygen atoms in total. The number of hydrogen-bond donors (Lipinski definition) is 2. The number of benzene rings is 1. The van der Waals surface area contributed by atoms with Crippen LogP contribution in [0.4, 0.5) is 5.82 Å². The first-order valence-electron chi connectivity index (χ1n) is 12.6. The Hall–Kier alpha value is -4.29. The Morgan fingerprint density at radius 1 is 1.13 bits per heavy atom. The van der Waals surface area contributed by atoms with Gasteiger partial charge < -0.3 is 15.2 Å². The smallest absolute Gasteiger partial charge is 0.315 e. The molecule has 0 atom stereocenters. The second kappa shape index (κ2) is 9.54. The first kappa shape index (κ1) is 24.1. The van der Waals surface area contributed by atoms with Crippen molar-refractivity contribution in [2.45, 2.75) is 39.0 Å². The Kier molecular flexibility index (Phi) is 6.04. The molecular formula is C25H28N8O5. The van der Waals surface area contributed by atoms with Crippen molar-refractivity contribution >= 4 is 23.9 Å². The van der Waals surface area contributed by atoms with E-state index in [4.69, 9.17) is 15.2 Å². The lowest BCUT2D eigenvalue weighted by Crippen LogP contribution is -2.49. The van der Waals surface area contributed by atoms with E-state index in [1.807, 2.05) is 0 Å². The second-order valence-corrected chi connectivity index (χ2v) is 10.4. The molecule has 4 saturated carbocycles. The van der Waals surface area contributed by atoms with E-state index >= 15 is 0 Å². The van der Waals surface area contributed by atoms with E-state index in [0.717, 1.165) is 42.2 Å². The standard InChI is InChI=1S/C25H28N8O5/c1-12-21(33(32-28-12)23-22(26)30-38-31-23)24(34)29-27-11-13-3-4-18(19(10-13)36-2)37-25(35)20-16-6-14-5-15(8-16)9-17(20)7-14/h3-4,10-11,14-17,20H,5-9H2,1-2H3,(H2,26,30)(H,29,34)/b27-11+. The number of aromatic nitrogens is 5. The highest BCUT2D eigenvalue weighted by Gasteiger charge is 2.51. The first-order chi connectivity index (χ1) is 18.4. The SMILES string of the molecule is COc1cc(/C=N/NC(=O)c2c(C)nnn2-c2nonc2N)ccc1OC(=O)C1C2CC3CC(C2)CC1C3.